The topological polar surface area (TPSA) is 85.8 Å². The molecule has 0 bridgehead atoms. The van der Waals surface area contributed by atoms with E-state index in [0.717, 1.165) is 44.6 Å². The number of likely N-dealkylation sites (tertiary alicyclic amines) is 2. The fraction of sp³-hybridized carbons (Fsp3) is 0.652. The fourth-order valence-corrected chi connectivity index (χ4v) is 5.05. The Kier molecular flexibility index (Phi) is 6.55. The lowest BCUT2D eigenvalue weighted by molar-refractivity contribution is -0.135. The van der Waals surface area contributed by atoms with Crippen molar-refractivity contribution >= 4 is 17.8 Å². The van der Waals surface area contributed by atoms with E-state index in [1.807, 2.05) is 23.1 Å². The molecule has 31 heavy (non-hydrogen) atoms. The molecule has 3 aliphatic rings. The molecule has 1 aromatic heterocycles. The minimum Gasteiger partial charge on any atom is -0.342 e. The Balaban J connectivity index is 1.27. The lowest BCUT2D eigenvalue weighted by atomic mass is 9.87. The number of imide groups is 1. The Hall–Kier alpha value is -2.48. The minimum atomic E-state index is -0.708. The van der Waals surface area contributed by atoms with Crippen molar-refractivity contribution in [2.24, 2.45) is 5.92 Å². The van der Waals surface area contributed by atoms with E-state index in [9.17, 15) is 14.4 Å². The number of hydrogen-bond acceptors (Lipinski definition) is 5. The van der Waals surface area contributed by atoms with Gasteiger partial charge in [0.1, 0.15) is 5.54 Å². The molecular weight excluding hydrogens is 394 g/mol. The third-order valence-corrected chi connectivity index (χ3v) is 6.96. The summed E-state index contributed by atoms with van der Waals surface area (Å²) in [5.74, 6) is 0.274. The SMILES string of the molecule is CCCN1CCC2(CC1)NC(=O)N(CC1CCN(C(=O)Cc3ccccn3)CC1)C2=O. The molecule has 0 aromatic carbocycles. The maximum Gasteiger partial charge on any atom is 0.325 e. The molecule has 1 spiro atoms. The molecule has 0 radical (unpaired) electrons. The van der Waals surface area contributed by atoms with E-state index in [0.29, 0.717) is 38.9 Å². The lowest BCUT2D eigenvalue weighted by Gasteiger charge is -2.37. The van der Waals surface area contributed by atoms with Gasteiger partial charge in [0.05, 0.1) is 6.42 Å². The van der Waals surface area contributed by atoms with Crippen molar-refractivity contribution in [3.63, 3.8) is 0 Å². The average molecular weight is 428 g/mol. The van der Waals surface area contributed by atoms with Crippen LogP contribution in [0.2, 0.25) is 0 Å². The van der Waals surface area contributed by atoms with Crippen LogP contribution in [0.4, 0.5) is 4.79 Å². The van der Waals surface area contributed by atoms with Crippen molar-refractivity contribution < 1.29 is 14.4 Å². The van der Waals surface area contributed by atoms with Gasteiger partial charge in [-0.25, -0.2) is 4.79 Å². The van der Waals surface area contributed by atoms with Gasteiger partial charge >= 0.3 is 6.03 Å². The first kappa shape index (κ1) is 21.7. The van der Waals surface area contributed by atoms with Gasteiger partial charge in [-0.15, -0.1) is 0 Å². The summed E-state index contributed by atoms with van der Waals surface area (Å²) in [6.45, 7) is 6.68. The van der Waals surface area contributed by atoms with Gasteiger partial charge in [0.15, 0.2) is 0 Å². The summed E-state index contributed by atoms with van der Waals surface area (Å²) >= 11 is 0. The zero-order valence-corrected chi connectivity index (χ0v) is 18.4. The lowest BCUT2D eigenvalue weighted by Crippen LogP contribution is -2.55. The summed E-state index contributed by atoms with van der Waals surface area (Å²) in [4.78, 5) is 48.2. The highest BCUT2D eigenvalue weighted by atomic mass is 16.2. The number of nitrogens with one attached hydrogen (secondary N) is 1. The molecule has 1 aromatic rings. The molecule has 1 N–H and O–H groups in total. The molecular formula is C23H33N5O3. The molecule has 0 unspecified atom stereocenters. The fourth-order valence-electron chi connectivity index (χ4n) is 5.05. The standard InChI is InChI=1S/C23H33N5O3/c1-2-11-26-14-8-23(9-15-26)21(30)28(22(31)25-23)17-18-6-12-27(13-7-18)20(29)16-19-5-3-4-10-24-19/h3-5,10,18H,2,6-9,11-17H2,1H3,(H,25,31). The smallest absolute Gasteiger partial charge is 0.325 e. The van der Waals surface area contributed by atoms with Crippen LogP contribution in [0.3, 0.4) is 0 Å². The highest BCUT2D eigenvalue weighted by Gasteiger charge is 2.52. The number of nitrogens with zero attached hydrogens (tertiary/aromatic N) is 4. The van der Waals surface area contributed by atoms with Crippen molar-refractivity contribution in [2.75, 3.05) is 39.3 Å². The van der Waals surface area contributed by atoms with Gasteiger partial charge < -0.3 is 15.1 Å². The molecule has 8 heteroatoms. The van der Waals surface area contributed by atoms with E-state index in [1.165, 1.54) is 4.90 Å². The molecule has 3 saturated heterocycles. The predicted molar refractivity (Wildman–Crippen MR) is 116 cm³/mol. The molecule has 0 saturated carbocycles. The highest BCUT2D eigenvalue weighted by molar-refractivity contribution is 6.07. The molecule has 0 atom stereocenters. The second kappa shape index (κ2) is 9.34. The zero-order valence-electron chi connectivity index (χ0n) is 18.4. The van der Waals surface area contributed by atoms with Gasteiger partial charge in [-0.3, -0.25) is 19.5 Å². The number of hydrogen-bond donors (Lipinski definition) is 1. The molecule has 4 amide bonds. The second-order valence-corrected chi connectivity index (χ2v) is 9.09. The quantitative estimate of drug-likeness (QED) is 0.698. The van der Waals surface area contributed by atoms with Crippen LogP contribution < -0.4 is 5.32 Å². The summed E-state index contributed by atoms with van der Waals surface area (Å²) in [6, 6.07) is 5.35. The molecule has 8 nitrogen and oxygen atoms in total. The van der Waals surface area contributed by atoms with Crippen molar-refractivity contribution in [2.45, 2.75) is 51.0 Å². The number of piperidine rings is 2. The van der Waals surface area contributed by atoms with Crippen LogP contribution in [-0.2, 0) is 16.0 Å². The van der Waals surface area contributed by atoms with Crippen molar-refractivity contribution in [1.82, 2.24) is 25.0 Å². The van der Waals surface area contributed by atoms with E-state index < -0.39 is 5.54 Å². The Morgan fingerprint density at radius 3 is 2.55 bits per heavy atom. The number of amides is 4. The van der Waals surface area contributed by atoms with Crippen LogP contribution in [0.15, 0.2) is 24.4 Å². The maximum absolute atomic E-state index is 13.2. The van der Waals surface area contributed by atoms with Crippen molar-refractivity contribution in [3.8, 4) is 0 Å². The normalized spacial score (nSPS) is 22.2. The van der Waals surface area contributed by atoms with E-state index in [2.05, 4.69) is 22.1 Å². The molecule has 3 fully saturated rings. The Morgan fingerprint density at radius 2 is 1.90 bits per heavy atom. The van der Waals surface area contributed by atoms with E-state index in [-0.39, 0.29) is 23.8 Å². The Morgan fingerprint density at radius 1 is 1.16 bits per heavy atom. The molecule has 0 aliphatic carbocycles. The number of pyridine rings is 1. The third kappa shape index (κ3) is 4.74. The van der Waals surface area contributed by atoms with E-state index in [4.69, 9.17) is 0 Å². The van der Waals surface area contributed by atoms with Gasteiger partial charge in [0.25, 0.3) is 5.91 Å². The summed E-state index contributed by atoms with van der Waals surface area (Å²) < 4.78 is 0. The van der Waals surface area contributed by atoms with Crippen LogP contribution in [0.5, 0.6) is 0 Å². The first-order chi connectivity index (χ1) is 15.0. The largest absolute Gasteiger partial charge is 0.342 e. The third-order valence-electron chi connectivity index (χ3n) is 6.96. The van der Waals surface area contributed by atoms with E-state index in [1.54, 1.807) is 6.20 Å². The Bertz CT molecular complexity index is 799. The number of carbonyl (C=O) groups is 3. The summed E-state index contributed by atoms with van der Waals surface area (Å²) in [6.07, 6.45) is 6.11. The first-order valence-electron chi connectivity index (χ1n) is 11.5. The Labute approximate surface area is 184 Å². The van der Waals surface area contributed by atoms with Crippen LogP contribution in [0.1, 0.15) is 44.7 Å². The molecule has 3 aliphatic heterocycles. The maximum atomic E-state index is 13.2. The first-order valence-corrected chi connectivity index (χ1v) is 11.5. The van der Waals surface area contributed by atoms with Gasteiger partial charge in [-0.05, 0) is 56.7 Å². The predicted octanol–water partition coefficient (Wildman–Crippen LogP) is 1.66. The van der Waals surface area contributed by atoms with Gasteiger partial charge in [0, 0.05) is 44.6 Å². The molecule has 168 valence electrons. The van der Waals surface area contributed by atoms with Crippen molar-refractivity contribution in [1.29, 1.82) is 0 Å². The second-order valence-electron chi connectivity index (χ2n) is 9.09. The monoisotopic (exact) mass is 427 g/mol. The highest BCUT2D eigenvalue weighted by Crippen LogP contribution is 2.31. The zero-order chi connectivity index (χ0) is 21.8. The minimum absolute atomic E-state index is 0.0534. The average Bonchev–Trinajstić information content (AvgIpc) is 3.01. The molecule has 4 rings (SSSR count). The molecule has 4 heterocycles. The van der Waals surface area contributed by atoms with Gasteiger partial charge in [0.2, 0.25) is 5.91 Å². The number of urea groups is 1. The van der Waals surface area contributed by atoms with E-state index >= 15 is 0 Å². The number of rotatable bonds is 6. The number of aromatic nitrogens is 1. The summed E-state index contributed by atoms with van der Waals surface area (Å²) in [5, 5.41) is 3.01. The van der Waals surface area contributed by atoms with Crippen LogP contribution in [-0.4, -0.2) is 82.3 Å². The van der Waals surface area contributed by atoms with Crippen molar-refractivity contribution in [3.05, 3.63) is 30.1 Å². The van der Waals surface area contributed by atoms with Gasteiger partial charge in [-0.2, -0.15) is 0 Å². The summed E-state index contributed by atoms with van der Waals surface area (Å²) in [5.41, 5.74) is 0.0740. The van der Waals surface area contributed by atoms with Crippen LogP contribution in [0.25, 0.3) is 0 Å². The van der Waals surface area contributed by atoms with Gasteiger partial charge in [-0.1, -0.05) is 13.0 Å². The van der Waals surface area contributed by atoms with Crippen LogP contribution in [0, 0.1) is 5.92 Å². The summed E-state index contributed by atoms with van der Waals surface area (Å²) in [7, 11) is 0. The number of carbonyl (C=O) groups excluding carboxylic acids is 3. The van der Waals surface area contributed by atoms with Crippen LogP contribution >= 0.6 is 0 Å².